The summed E-state index contributed by atoms with van der Waals surface area (Å²) in [4.78, 5) is 16.1. The highest BCUT2D eigenvalue weighted by Gasteiger charge is 2.33. The van der Waals surface area contributed by atoms with E-state index in [1.807, 2.05) is 0 Å². The predicted octanol–water partition coefficient (Wildman–Crippen LogP) is 9.11. The number of nitrogens with zero attached hydrogens (tertiary/aromatic N) is 1. The van der Waals surface area contributed by atoms with Crippen LogP contribution < -0.4 is 5.32 Å². The molecule has 2 saturated carbocycles. The molecule has 0 atom stereocenters. The lowest BCUT2D eigenvalue weighted by Gasteiger charge is -2.40. The molecular weight excluding hydrogens is 428 g/mol. The SMILES string of the molecule is CC(C)c1cccc(C(C)C)c1NC(=O)N(Cc1ccccc1)[C@H]1CC[C@H](C2CCCCC2)CC1. The van der Waals surface area contributed by atoms with Gasteiger partial charge in [-0.1, -0.05) is 108 Å². The van der Waals surface area contributed by atoms with Gasteiger partial charge in [-0.3, -0.25) is 0 Å². The summed E-state index contributed by atoms with van der Waals surface area (Å²) < 4.78 is 0. The number of anilines is 1. The van der Waals surface area contributed by atoms with Crippen molar-refractivity contribution in [2.75, 3.05) is 5.32 Å². The van der Waals surface area contributed by atoms with Crippen LogP contribution >= 0.6 is 0 Å². The minimum absolute atomic E-state index is 0.0602. The van der Waals surface area contributed by atoms with Crippen LogP contribution in [-0.4, -0.2) is 17.0 Å². The number of carbonyl (C=O) groups excluding carboxylic acids is 1. The second-order valence-corrected chi connectivity index (χ2v) is 11.6. The summed E-state index contributed by atoms with van der Waals surface area (Å²) in [6, 6.07) is 17.4. The van der Waals surface area contributed by atoms with Gasteiger partial charge in [-0.2, -0.15) is 0 Å². The van der Waals surface area contributed by atoms with E-state index in [2.05, 4.69) is 86.4 Å². The van der Waals surface area contributed by atoms with Crippen molar-refractivity contribution in [3.8, 4) is 0 Å². The van der Waals surface area contributed by atoms with Gasteiger partial charge in [0.15, 0.2) is 0 Å². The molecule has 2 aromatic carbocycles. The Balaban J connectivity index is 1.54. The number of amides is 2. The number of nitrogens with one attached hydrogen (secondary N) is 1. The Morgan fingerprint density at radius 1 is 0.771 bits per heavy atom. The quantitative estimate of drug-likeness (QED) is 0.426. The Morgan fingerprint density at radius 3 is 1.91 bits per heavy atom. The van der Waals surface area contributed by atoms with Gasteiger partial charge in [0.25, 0.3) is 0 Å². The van der Waals surface area contributed by atoms with E-state index in [1.165, 1.54) is 61.6 Å². The number of para-hydroxylation sites is 1. The van der Waals surface area contributed by atoms with E-state index in [-0.39, 0.29) is 6.03 Å². The topological polar surface area (TPSA) is 32.3 Å². The Labute approximate surface area is 213 Å². The van der Waals surface area contributed by atoms with Gasteiger partial charge in [-0.25, -0.2) is 4.79 Å². The van der Waals surface area contributed by atoms with Crippen LogP contribution in [-0.2, 0) is 6.54 Å². The molecule has 0 heterocycles. The number of rotatable bonds is 7. The van der Waals surface area contributed by atoms with Crippen LogP contribution in [0, 0.1) is 11.8 Å². The fourth-order valence-corrected chi connectivity index (χ4v) is 6.51. The van der Waals surface area contributed by atoms with E-state index in [0.717, 1.165) is 30.4 Å². The van der Waals surface area contributed by atoms with Crippen molar-refractivity contribution in [2.24, 2.45) is 11.8 Å². The predicted molar refractivity (Wildman–Crippen MR) is 148 cm³/mol. The van der Waals surface area contributed by atoms with Crippen molar-refractivity contribution in [1.29, 1.82) is 0 Å². The summed E-state index contributed by atoms with van der Waals surface area (Å²) in [7, 11) is 0. The summed E-state index contributed by atoms with van der Waals surface area (Å²) in [6.45, 7) is 9.52. The lowest BCUT2D eigenvalue weighted by Crippen LogP contribution is -2.45. The van der Waals surface area contributed by atoms with Crippen molar-refractivity contribution in [2.45, 2.75) is 110 Å². The highest BCUT2D eigenvalue weighted by Crippen LogP contribution is 2.40. The van der Waals surface area contributed by atoms with Crippen LogP contribution in [0.5, 0.6) is 0 Å². The van der Waals surface area contributed by atoms with Gasteiger partial charge in [-0.15, -0.1) is 0 Å². The van der Waals surface area contributed by atoms with Crippen LogP contribution in [0.1, 0.15) is 114 Å². The van der Waals surface area contributed by atoms with Crippen LogP contribution in [0.2, 0.25) is 0 Å². The van der Waals surface area contributed by atoms with Gasteiger partial charge in [0.2, 0.25) is 0 Å². The van der Waals surface area contributed by atoms with E-state index in [4.69, 9.17) is 0 Å². The van der Waals surface area contributed by atoms with Gasteiger partial charge in [0.1, 0.15) is 0 Å². The highest BCUT2D eigenvalue weighted by molar-refractivity contribution is 5.91. The molecule has 2 fully saturated rings. The molecule has 0 radical (unpaired) electrons. The Kier molecular flexibility index (Phi) is 8.92. The lowest BCUT2D eigenvalue weighted by molar-refractivity contribution is 0.120. The Morgan fingerprint density at radius 2 is 1.34 bits per heavy atom. The average Bonchev–Trinajstić information content (AvgIpc) is 2.88. The molecule has 3 nitrogen and oxygen atoms in total. The number of carbonyl (C=O) groups is 1. The first-order chi connectivity index (χ1) is 16.9. The van der Waals surface area contributed by atoms with Crippen LogP contribution in [0.3, 0.4) is 0 Å². The van der Waals surface area contributed by atoms with Crippen LogP contribution in [0.25, 0.3) is 0 Å². The number of urea groups is 1. The first kappa shape index (κ1) is 25.8. The molecule has 2 aromatic rings. The molecule has 190 valence electrons. The summed E-state index contributed by atoms with van der Waals surface area (Å²) in [5.74, 6) is 2.50. The minimum atomic E-state index is 0.0602. The highest BCUT2D eigenvalue weighted by atomic mass is 16.2. The first-order valence-corrected chi connectivity index (χ1v) is 14.2. The fourth-order valence-electron chi connectivity index (χ4n) is 6.51. The van der Waals surface area contributed by atoms with Crippen molar-refractivity contribution in [3.05, 3.63) is 65.2 Å². The van der Waals surface area contributed by atoms with E-state index in [9.17, 15) is 4.79 Å². The molecule has 2 amide bonds. The zero-order valence-electron chi connectivity index (χ0n) is 22.4. The van der Waals surface area contributed by atoms with Crippen LogP contribution in [0.15, 0.2) is 48.5 Å². The molecule has 0 unspecified atom stereocenters. The van der Waals surface area contributed by atoms with Gasteiger partial charge in [0, 0.05) is 18.3 Å². The van der Waals surface area contributed by atoms with E-state index >= 15 is 0 Å². The second-order valence-electron chi connectivity index (χ2n) is 11.6. The standard InChI is InChI=1S/C32H46N2O/c1-23(2)29-16-11-17-30(24(3)4)31(29)33-32(35)34(22-25-12-7-5-8-13-25)28-20-18-27(19-21-28)26-14-9-6-10-15-26/h5,7-8,11-13,16-17,23-24,26-28H,6,9-10,14-15,18-22H2,1-4H3,(H,33,35)/t27-,28-. The monoisotopic (exact) mass is 474 g/mol. The maximum atomic E-state index is 14.0. The first-order valence-electron chi connectivity index (χ1n) is 14.2. The van der Waals surface area contributed by atoms with Gasteiger partial charge >= 0.3 is 6.03 Å². The summed E-state index contributed by atoms with van der Waals surface area (Å²) in [5, 5.41) is 3.42. The number of benzene rings is 2. The third-order valence-corrected chi connectivity index (χ3v) is 8.56. The average molecular weight is 475 g/mol. The van der Waals surface area contributed by atoms with Crippen molar-refractivity contribution >= 4 is 11.7 Å². The van der Waals surface area contributed by atoms with Gasteiger partial charge in [0.05, 0.1) is 0 Å². The van der Waals surface area contributed by atoms with Gasteiger partial charge < -0.3 is 10.2 Å². The molecule has 35 heavy (non-hydrogen) atoms. The van der Waals surface area contributed by atoms with E-state index in [0.29, 0.717) is 24.4 Å². The fraction of sp³-hybridized carbons (Fsp3) is 0.594. The van der Waals surface area contributed by atoms with Gasteiger partial charge in [-0.05, 0) is 66.0 Å². The van der Waals surface area contributed by atoms with Crippen molar-refractivity contribution in [3.63, 3.8) is 0 Å². The van der Waals surface area contributed by atoms with Crippen molar-refractivity contribution < 1.29 is 4.79 Å². The van der Waals surface area contributed by atoms with E-state index < -0.39 is 0 Å². The maximum Gasteiger partial charge on any atom is 0.322 e. The molecule has 0 aliphatic heterocycles. The normalized spacial score (nSPS) is 21.3. The third-order valence-electron chi connectivity index (χ3n) is 8.56. The molecule has 1 N–H and O–H groups in total. The third kappa shape index (κ3) is 6.48. The molecular formula is C32H46N2O. The largest absolute Gasteiger partial charge is 0.322 e. The zero-order chi connectivity index (χ0) is 24.8. The molecule has 0 aromatic heterocycles. The van der Waals surface area contributed by atoms with E-state index in [1.54, 1.807) is 0 Å². The molecule has 4 rings (SSSR count). The van der Waals surface area contributed by atoms with Crippen molar-refractivity contribution in [1.82, 2.24) is 4.90 Å². The summed E-state index contributed by atoms with van der Waals surface area (Å²) in [6.07, 6.45) is 11.9. The second kappa shape index (κ2) is 12.1. The summed E-state index contributed by atoms with van der Waals surface area (Å²) >= 11 is 0. The minimum Gasteiger partial charge on any atom is -0.317 e. The Hall–Kier alpha value is -2.29. The number of hydrogen-bond acceptors (Lipinski definition) is 1. The summed E-state index contributed by atoms with van der Waals surface area (Å²) in [5.41, 5.74) is 4.69. The van der Waals surface area contributed by atoms with Crippen LogP contribution in [0.4, 0.5) is 10.5 Å². The Bertz CT molecular complexity index is 911. The molecule has 0 saturated heterocycles. The molecule has 2 aliphatic rings. The molecule has 0 spiro atoms. The molecule has 2 aliphatic carbocycles. The zero-order valence-corrected chi connectivity index (χ0v) is 22.4. The number of hydrogen-bond donors (Lipinski definition) is 1. The smallest absolute Gasteiger partial charge is 0.317 e. The molecule has 0 bridgehead atoms. The maximum absolute atomic E-state index is 14.0. The molecule has 3 heteroatoms. The lowest BCUT2D eigenvalue weighted by atomic mass is 9.72.